The van der Waals surface area contributed by atoms with E-state index in [1.165, 1.54) is 38.9 Å². The second kappa shape index (κ2) is 12.5. The van der Waals surface area contributed by atoms with E-state index in [9.17, 15) is 0 Å². The van der Waals surface area contributed by atoms with Crippen molar-refractivity contribution in [1.29, 1.82) is 0 Å². The molecule has 0 saturated carbocycles. The number of rotatable bonds is 9. The summed E-state index contributed by atoms with van der Waals surface area (Å²) in [4.78, 5) is 9.88. The van der Waals surface area contributed by atoms with Crippen molar-refractivity contribution in [3.05, 3.63) is 0 Å². The second-order valence-electron chi connectivity index (χ2n) is 7.42. The third-order valence-corrected chi connectivity index (χ3v) is 4.97. The van der Waals surface area contributed by atoms with Gasteiger partial charge in [-0.15, -0.1) is 0 Å². The number of nitrogens with one attached hydrogen (secondary N) is 2. The molecule has 2 aliphatic heterocycles. The molecule has 2 heterocycles. The van der Waals surface area contributed by atoms with E-state index >= 15 is 0 Å². The third kappa shape index (κ3) is 8.88. The summed E-state index contributed by atoms with van der Waals surface area (Å²) in [7, 11) is 0. The maximum Gasteiger partial charge on any atom is 0.191 e. The van der Waals surface area contributed by atoms with Crippen LogP contribution in [-0.4, -0.2) is 87.9 Å². The van der Waals surface area contributed by atoms with Gasteiger partial charge in [0.15, 0.2) is 5.96 Å². The van der Waals surface area contributed by atoms with Crippen LogP contribution in [0, 0.1) is 5.92 Å². The SMILES string of the molecule is CCNC(=NCC(C)CN1CCCCC1)NCCCN1CCOCC1. The van der Waals surface area contributed by atoms with Crippen molar-refractivity contribution in [3.63, 3.8) is 0 Å². The molecular weight excluding hydrogens is 314 g/mol. The topological polar surface area (TPSA) is 52.1 Å². The minimum atomic E-state index is 0.613. The molecule has 6 heteroatoms. The van der Waals surface area contributed by atoms with Crippen molar-refractivity contribution in [1.82, 2.24) is 20.4 Å². The zero-order valence-corrected chi connectivity index (χ0v) is 16.4. The third-order valence-electron chi connectivity index (χ3n) is 4.97. The van der Waals surface area contributed by atoms with Gasteiger partial charge in [0, 0.05) is 39.3 Å². The van der Waals surface area contributed by atoms with E-state index < -0.39 is 0 Å². The highest BCUT2D eigenvalue weighted by molar-refractivity contribution is 5.79. The van der Waals surface area contributed by atoms with Gasteiger partial charge in [-0.3, -0.25) is 9.89 Å². The summed E-state index contributed by atoms with van der Waals surface area (Å²) in [5.41, 5.74) is 0. The maximum absolute atomic E-state index is 5.40. The Hall–Kier alpha value is -0.850. The molecule has 146 valence electrons. The molecule has 2 N–H and O–H groups in total. The Morgan fingerprint density at radius 1 is 1.04 bits per heavy atom. The highest BCUT2D eigenvalue weighted by atomic mass is 16.5. The van der Waals surface area contributed by atoms with Crippen LogP contribution in [0.2, 0.25) is 0 Å². The number of hydrogen-bond acceptors (Lipinski definition) is 4. The van der Waals surface area contributed by atoms with Gasteiger partial charge < -0.3 is 20.3 Å². The number of likely N-dealkylation sites (tertiary alicyclic amines) is 1. The lowest BCUT2D eigenvalue weighted by atomic mass is 10.1. The molecule has 2 rings (SSSR count). The Labute approximate surface area is 154 Å². The van der Waals surface area contributed by atoms with Crippen LogP contribution in [0.1, 0.15) is 39.5 Å². The molecule has 0 aliphatic carbocycles. The monoisotopic (exact) mass is 353 g/mol. The van der Waals surface area contributed by atoms with Crippen molar-refractivity contribution >= 4 is 5.96 Å². The summed E-state index contributed by atoms with van der Waals surface area (Å²) >= 11 is 0. The Kier molecular flexibility index (Phi) is 10.2. The smallest absolute Gasteiger partial charge is 0.191 e. The zero-order chi connectivity index (χ0) is 17.7. The van der Waals surface area contributed by atoms with Crippen molar-refractivity contribution in [2.45, 2.75) is 39.5 Å². The molecule has 2 saturated heterocycles. The van der Waals surface area contributed by atoms with Gasteiger partial charge in [0.05, 0.1) is 13.2 Å². The first kappa shape index (κ1) is 20.5. The molecule has 0 spiro atoms. The summed E-state index contributed by atoms with van der Waals surface area (Å²) in [6.07, 6.45) is 5.28. The van der Waals surface area contributed by atoms with Gasteiger partial charge in [-0.05, 0) is 51.7 Å². The first-order valence-electron chi connectivity index (χ1n) is 10.3. The van der Waals surface area contributed by atoms with Crippen LogP contribution in [0.5, 0.6) is 0 Å². The standard InChI is InChI=1S/C19H39N5O/c1-3-20-19(21-8-7-11-23-12-14-25-15-13-23)22-16-18(2)17-24-9-5-4-6-10-24/h18H,3-17H2,1-2H3,(H2,20,21,22). The van der Waals surface area contributed by atoms with Crippen LogP contribution in [0.4, 0.5) is 0 Å². The first-order chi connectivity index (χ1) is 12.3. The van der Waals surface area contributed by atoms with Crippen molar-refractivity contribution in [2.24, 2.45) is 10.9 Å². The quantitative estimate of drug-likeness (QED) is 0.373. The molecule has 0 bridgehead atoms. The molecule has 0 aromatic carbocycles. The van der Waals surface area contributed by atoms with Crippen LogP contribution in [0.3, 0.4) is 0 Å². The lowest BCUT2D eigenvalue weighted by molar-refractivity contribution is 0.0376. The van der Waals surface area contributed by atoms with Crippen LogP contribution >= 0.6 is 0 Å². The fourth-order valence-electron chi connectivity index (χ4n) is 3.56. The largest absolute Gasteiger partial charge is 0.379 e. The summed E-state index contributed by atoms with van der Waals surface area (Å²) < 4.78 is 5.40. The minimum absolute atomic E-state index is 0.613. The molecule has 1 unspecified atom stereocenters. The van der Waals surface area contributed by atoms with Gasteiger partial charge in [-0.2, -0.15) is 0 Å². The molecular formula is C19H39N5O. The number of hydrogen-bond donors (Lipinski definition) is 2. The van der Waals surface area contributed by atoms with Crippen LogP contribution in [0.25, 0.3) is 0 Å². The summed E-state index contributed by atoms with van der Waals surface area (Å²) in [6.45, 7) is 16.0. The zero-order valence-electron chi connectivity index (χ0n) is 16.4. The lowest BCUT2D eigenvalue weighted by Gasteiger charge is -2.28. The van der Waals surface area contributed by atoms with Crippen LogP contribution < -0.4 is 10.6 Å². The highest BCUT2D eigenvalue weighted by Gasteiger charge is 2.13. The highest BCUT2D eigenvalue weighted by Crippen LogP contribution is 2.11. The van der Waals surface area contributed by atoms with E-state index in [0.717, 1.165) is 64.9 Å². The average molecular weight is 354 g/mol. The number of ether oxygens (including phenoxy) is 1. The van der Waals surface area contributed by atoms with E-state index in [-0.39, 0.29) is 0 Å². The number of aliphatic imine (C=N–C) groups is 1. The van der Waals surface area contributed by atoms with E-state index in [2.05, 4.69) is 34.3 Å². The Morgan fingerprint density at radius 2 is 1.80 bits per heavy atom. The number of nitrogens with zero attached hydrogens (tertiary/aromatic N) is 3. The molecule has 1 atom stereocenters. The molecule has 2 fully saturated rings. The molecule has 25 heavy (non-hydrogen) atoms. The van der Waals surface area contributed by atoms with E-state index in [0.29, 0.717) is 5.92 Å². The fraction of sp³-hybridized carbons (Fsp3) is 0.947. The Morgan fingerprint density at radius 3 is 2.52 bits per heavy atom. The Bertz CT molecular complexity index is 365. The number of morpholine rings is 1. The van der Waals surface area contributed by atoms with Gasteiger partial charge >= 0.3 is 0 Å². The number of guanidine groups is 1. The molecule has 0 aromatic heterocycles. The van der Waals surface area contributed by atoms with Crippen molar-refractivity contribution in [3.8, 4) is 0 Å². The van der Waals surface area contributed by atoms with Crippen LogP contribution in [0.15, 0.2) is 4.99 Å². The van der Waals surface area contributed by atoms with E-state index in [1.807, 2.05) is 0 Å². The summed E-state index contributed by atoms with van der Waals surface area (Å²) in [5.74, 6) is 1.58. The molecule has 0 radical (unpaired) electrons. The Balaban J connectivity index is 1.62. The van der Waals surface area contributed by atoms with Gasteiger partial charge in [-0.1, -0.05) is 13.3 Å². The molecule has 6 nitrogen and oxygen atoms in total. The van der Waals surface area contributed by atoms with E-state index in [1.54, 1.807) is 0 Å². The van der Waals surface area contributed by atoms with Gasteiger partial charge in [0.2, 0.25) is 0 Å². The predicted octanol–water partition coefficient (Wildman–Crippen LogP) is 1.39. The average Bonchev–Trinajstić information content (AvgIpc) is 2.65. The minimum Gasteiger partial charge on any atom is -0.379 e. The molecule has 0 amide bonds. The van der Waals surface area contributed by atoms with Gasteiger partial charge in [-0.25, -0.2) is 0 Å². The summed E-state index contributed by atoms with van der Waals surface area (Å²) in [5, 5.41) is 6.86. The normalized spacial score (nSPS) is 21.9. The lowest BCUT2D eigenvalue weighted by Crippen LogP contribution is -2.41. The predicted molar refractivity (Wildman–Crippen MR) is 105 cm³/mol. The van der Waals surface area contributed by atoms with Crippen molar-refractivity contribution in [2.75, 3.05) is 72.1 Å². The fourth-order valence-corrected chi connectivity index (χ4v) is 3.56. The summed E-state index contributed by atoms with van der Waals surface area (Å²) in [6, 6.07) is 0. The second-order valence-corrected chi connectivity index (χ2v) is 7.42. The maximum atomic E-state index is 5.40. The first-order valence-corrected chi connectivity index (χ1v) is 10.3. The molecule has 0 aromatic rings. The van der Waals surface area contributed by atoms with Crippen LogP contribution in [-0.2, 0) is 4.74 Å². The molecule has 2 aliphatic rings. The van der Waals surface area contributed by atoms with Gasteiger partial charge in [0.25, 0.3) is 0 Å². The number of piperidine rings is 1. The van der Waals surface area contributed by atoms with Crippen molar-refractivity contribution < 1.29 is 4.74 Å². The van der Waals surface area contributed by atoms with E-state index in [4.69, 9.17) is 9.73 Å². The van der Waals surface area contributed by atoms with Gasteiger partial charge in [0.1, 0.15) is 0 Å².